The Labute approximate surface area is 304 Å². The zero-order valence-corrected chi connectivity index (χ0v) is 32.2. The van der Waals surface area contributed by atoms with Crippen molar-refractivity contribution in [3.05, 3.63) is 72.9 Å². The first-order valence-corrected chi connectivity index (χ1v) is 20.8. The molecule has 0 amide bonds. The molecular formula is C41H69O8P. The topological polar surface area (TPSA) is 119 Å². The molecule has 0 aromatic rings. The number of carbonyl (C=O) groups excluding carboxylic acids is 2. The number of hydrogen-bond acceptors (Lipinski definition) is 6. The number of esters is 2. The fraction of sp³-hybridized carbons (Fsp3) is 0.659. The molecule has 0 aliphatic carbocycles. The number of ether oxygens (including phenoxy) is 2. The van der Waals surface area contributed by atoms with E-state index in [2.05, 4.69) is 91.3 Å². The van der Waals surface area contributed by atoms with Crippen LogP contribution < -0.4 is 0 Å². The minimum absolute atomic E-state index is 0.154. The summed E-state index contributed by atoms with van der Waals surface area (Å²) in [6.07, 6.45) is 46.2. The predicted octanol–water partition coefficient (Wildman–Crippen LogP) is 11.5. The van der Waals surface area contributed by atoms with Gasteiger partial charge in [0.1, 0.15) is 6.61 Å². The van der Waals surface area contributed by atoms with E-state index in [9.17, 15) is 14.2 Å². The van der Waals surface area contributed by atoms with Gasteiger partial charge in [-0.3, -0.25) is 14.1 Å². The van der Waals surface area contributed by atoms with Gasteiger partial charge in [0, 0.05) is 12.8 Å². The number of phosphoric ester groups is 1. The first-order valence-electron chi connectivity index (χ1n) is 19.2. The Morgan fingerprint density at radius 1 is 0.540 bits per heavy atom. The van der Waals surface area contributed by atoms with Crippen molar-refractivity contribution in [2.75, 3.05) is 13.2 Å². The van der Waals surface area contributed by atoms with Crippen LogP contribution in [-0.4, -0.2) is 41.0 Å². The van der Waals surface area contributed by atoms with Gasteiger partial charge in [-0.25, -0.2) is 4.57 Å². The molecule has 0 saturated heterocycles. The van der Waals surface area contributed by atoms with Gasteiger partial charge in [0.05, 0.1) is 6.61 Å². The van der Waals surface area contributed by atoms with Crippen LogP contribution in [0.4, 0.5) is 0 Å². The lowest BCUT2D eigenvalue weighted by Gasteiger charge is -2.18. The average Bonchev–Trinajstić information content (AvgIpc) is 3.08. The van der Waals surface area contributed by atoms with Gasteiger partial charge in [0.15, 0.2) is 6.10 Å². The molecule has 0 heterocycles. The van der Waals surface area contributed by atoms with Crippen molar-refractivity contribution in [2.24, 2.45) is 0 Å². The molecule has 1 atom stereocenters. The van der Waals surface area contributed by atoms with Crippen molar-refractivity contribution in [1.82, 2.24) is 0 Å². The van der Waals surface area contributed by atoms with Crippen LogP contribution >= 0.6 is 7.82 Å². The Bertz CT molecular complexity index is 1040. The van der Waals surface area contributed by atoms with E-state index >= 15 is 0 Å². The van der Waals surface area contributed by atoms with E-state index in [0.29, 0.717) is 12.8 Å². The Morgan fingerprint density at radius 3 is 1.48 bits per heavy atom. The molecule has 9 heteroatoms. The second kappa shape index (κ2) is 36.3. The zero-order chi connectivity index (χ0) is 36.8. The molecule has 0 spiro atoms. The minimum Gasteiger partial charge on any atom is -0.462 e. The fourth-order valence-corrected chi connectivity index (χ4v) is 5.22. The average molecular weight is 721 g/mol. The Hall–Kier alpha value is -2.51. The molecule has 2 N–H and O–H groups in total. The van der Waals surface area contributed by atoms with Crippen LogP contribution in [0.15, 0.2) is 72.9 Å². The molecule has 0 saturated carbocycles. The molecule has 0 unspecified atom stereocenters. The smallest absolute Gasteiger partial charge is 0.462 e. The van der Waals surface area contributed by atoms with Crippen molar-refractivity contribution in [3.8, 4) is 0 Å². The molecule has 0 radical (unpaired) electrons. The van der Waals surface area contributed by atoms with Crippen LogP contribution in [0.25, 0.3) is 0 Å². The quantitative estimate of drug-likeness (QED) is 0.0292. The number of hydrogen-bond donors (Lipinski definition) is 2. The van der Waals surface area contributed by atoms with E-state index in [1.54, 1.807) is 0 Å². The molecule has 286 valence electrons. The van der Waals surface area contributed by atoms with Gasteiger partial charge in [0.2, 0.25) is 0 Å². The molecule has 0 fully saturated rings. The molecule has 8 nitrogen and oxygen atoms in total. The fourth-order valence-electron chi connectivity index (χ4n) is 4.86. The van der Waals surface area contributed by atoms with E-state index in [-0.39, 0.29) is 19.4 Å². The third-order valence-corrected chi connectivity index (χ3v) is 8.19. The summed E-state index contributed by atoms with van der Waals surface area (Å²) in [5.41, 5.74) is 0. The molecule has 50 heavy (non-hydrogen) atoms. The van der Waals surface area contributed by atoms with Crippen molar-refractivity contribution in [1.29, 1.82) is 0 Å². The standard InChI is InChI=1S/C41H69O8P/c1-3-5-7-9-11-13-15-17-19-20-22-23-25-27-29-31-33-35-40(42)47-37-39(38-48-50(44,45)46)49-41(43)36-34-32-30-28-26-24-21-18-16-14-12-10-8-6-4-2/h6,8,11-14,17-19,21,26,28,39H,3-5,7,9-10,15-16,20,22-25,27,29-38H2,1-2H3,(H2,44,45,46)/b8-6-,13-11-,14-12-,19-17-,21-18-,28-26-/t39-/m1/s1. The number of rotatable bonds is 34. The van der Waals surface area contributed by atoms with Crippen LogP contribution in [0.2, 0.25) is 0 Å². The lowest BCUT2D eigenvalue weighted by Crippen LogP contribution is -2.29. The van der Waals surface area contributed by atoms with Crippen LogP contribution in [0, 0.1) is 0 Å². The molecule has 0 aromatic carbocycles. The number of carbonyl (C=O) groups is 2. The highest BCUT2D eigenvalue weighted by atomic mass is 31.2. The first kappa shape index (κ1) is 47.5. The summed E-state index contributed by atoms with van der Waals surface area (Å²) in [5.74, 6) is -0.949. The van der Waals surface area contributed by atoms with Crippen molar-refractivity contribution in [2.45, 2.75) is 161 Å². The molecular weight excluding hydrogens is 651 g/mol. The second-order valence-corrected chi connectivity index (χ2v) is 13.8. The van der Waals surface area contributed by atoms with Crippen LogP contribution in [-0.2, 0) is 28.2 Å². The normalized spacial score (nSPS) is 13.3. The Balaban J connectivity index is 4.05. The summed E-state index contributed by atoms with van der Waals surface area (Å²) in [5, 5.41) is 0. The van der Waals surface area contributed by atoms with Crippen LogP contribution in [0.3, 0.4) is 0 Å². The summed E-state index contributed by atoms with van der Waals surface area (Å²) >= 11 is 0. The molecule has 0 rings (SSSR count). The summed E-state index contributed by atoms with van der Waals surface area (Å²) in [4.78, 5) is 42.7. The van der Waals surface area contributed by atoms with E-state index in [1.807, 2.05) is 0 Å². The van der Waals surface area contributed by atoms with Crippen molar-refractivity contribution >= 4 is 19.8 Å². The molecule has 0 bridgehead atoms. The largest absolute Gasteiger partial charge is 0.469 e. The monoisotopic (exact) mass is 720 g/mol. The number of allylic oxidation sites excluding steroid dienone is 12. The van der Waals surface area contributed by atoms with E-state index in [1.165, 1.54) is 44.9 Å². The van der Waals surface area contributed by atoms with E-state index in [4.69, 9.17) is 19.3 Å². The van der Waals surface area contributed by atoms with Crippen LogP contribution in [0.1, 0.15) is 155 Å². The summed E-state index contributed by atoms with van der Waals surface area (Å²) in [6.45, 7) is 3.48. The van der Waals surface area contributed by atoms with Gasteiger partial charge >= 0.3 is 19.8 Å². The first-order chi connectivity index (χ1) is 24.3. The lowest BCUT2D eigenvalue weighted by molar-refractivity contribution is -0.161. The van der Waals surface area contributed by atoms with Crippen LogP contribution in [0.5, 0.6) is 0 Å². The van der Waals surface area contributed by atoms with Gasteiger partial charge in [-0.05, 0) is 83.5 Å². The molecule has 0 aliphatic rings. The Kier molecular flexibility index (Phi) is 34.5. The highest BCUT2D eigenvalue weighted by Gasteiger charge is 2.22. The SMILES string of the molecule is CC/C=C\C/C=C\C/C=C\C/C=C\CCCCC(=O)O[C@H](COC(=O)CCCCCCCCC/C=C\C/C=C\CCCCC)COP(=O)(O)O. The third-order valence-electron chi connectivity index (χ3n) is 7.71. The van der Waals surface area contributed by atoms with Gasteiger partial charge in [-0.15, -0.1) is 0 Å². The minimum atomic E-state index is -4.77. The number of phosphoric acid groups is 1. The van der Waals surface area contributed by atoms with E-state index < -0.39 is 32.5 Å². The van der Waals surface area contributed by atoms with Crippen molar-refractivity contribution < 1.29 is 37.9 Å². The lowest BCUT2D eigenvalue weighted by atomic mass is 10.1. The predicted molar refractivity (Wildman–Crippen MR) is 207 cm³/mol. The van der Waals surface area contributed by atoms with Crippen molar-refractivity contribution in [3.63, 3.8) is 0 Å². The maximum Gasteiger partial charge on any atom is 0.469 e. The summed E-state index contributed by atoms with van der Waals surface area (Å²) in [7, 11) is -4.77. The highest BCUT2D eigenvalue weighted by molar-refractivity contribution is 7.46. The van der Waals surface area contributed by atoms with Gasteiger partial charge in [-0.1, -0.05) is 132 Å². The maximum absolute atomic E-state index is 12.3. The van der Waals surface area contributed by atoms with Gasteiger partial charge in [0.25, 0.3) is 0 Å². The number of unbranched alkanes of at least 4 members (excludes halogenated alkanes) is 12. The Morgan fingerprint density at radius 2 is 0.960 bits per heavy atom. The maximum atomic E-state index is 12.3. The molecule has 0 aliphatic heterocycles. The van der Waals surface area contributed by atoms with E-state index in [0.717, 1.165) is 70.6 Å². The summed E-state index contributed by atoms with van der Waals surface area (Å²) < 4.78 is 26.3. The van der Waals surface area contributed by atoms with Gasteiger partial charge in [-0.2, -0.15) is 0 Å². The summed E-state index contributed by atoms with van der Waals surface area (Å²) in [6, 6.07) is 0. The highest BCUT2D eigenvalue weighted by Crippen LogP contribution is 2.36. The third kappa shape index (κ3) is 38.3. The zero-order valence-electron chi connectivity index (χ0n) is 31.3. The van der Waals surface area contributed by atoms with Gasteiger partial charge < -0.3 is 19.3 Å². The molecule has 0 aromatic heterocycles. The second-order valence-electron chi connectivity index (χ2n) is 12.5.